The zero-order chi connectivity index (χ0) is 17.3. The van der Waals surface area contributed by atoms with Crippen LogP contribution in [-0.2, 0) is 11.3 Å². The third kappa shape index (κ3) is 3.05. The molecule has 3 rings (SSSR count). The topological polar surface area (TPSA) is 109 Å². The maximum atomic E-state index is 12.0. The summed E-state index contributed by atoms with van der Waals surface area (Å²) in [5.41, 5.74) is 1.84. The summed E-state index contributed by atoms with van der Waals surface area (Å²) < 4.78 is 1.61. The van der Waals surface area contributed by atoms with Gasteiger partial charge in [0.25, 0.3) is 5.91 Å². The summed E-state index contributed by atoms with van der Waals surface area (Å²) in [4.78, 5) is 36.3. The van der Waals surface area contributed by atoms with Crippen LogP contribution in [0.1, 0.15) is 24.2 Å². The van der Waals surface area contributed by atoms with Crippen molar-refractivity contribution in [2.45, 2.75) is 26.4 Å². The van der Waals surface area contributed by atoms with Gasteiger partial charge in [-0.15, -0.1) is 5.10 Å². The highest BCUT2D eigenvalue weighted by molar-refractivity contribution is 6.02. The standard InChI is InChI=1S/C15H18N6O3/c1-9(2)17-14(23)10-3-4-12-11(7-10)18-19-21(12)6-5-20-13(22)8-16-15(20)24/h3-4,7,9H,5-6,8H2,1-2H3,(H,16,24)(H,17,23). The summed E-state index contributed by atoms with van der Waals surface area (Å²) in [6, 6.07) is 4.79. The Hall–Kier alpha value is -2.97. The molecule has 0 bridgehead atoms. The van der Waals surface area contributed by atoms with E-state index in [4.69, 9.17) is 0 Å². The highest BCUT2D eigenvalue weighted by Gasteiger charge is 2.28. The number of imide groups is 1. The van der Waals surface area contributed by atoms with Crippen molar-refractivity contribution in [1.29, 1.82) is 0 Å². The number of aromatic nitrogens is 3. The Morgan fingerprint density at radius 1 is 1.33 bits per heavy atom. The van der Waals surface area contributed by atoms with E-state index in [0.717, 1.165) is 10.4 Å². The Morgan fingerprint density at radius 2 is 2.12 bits per heavy atom. The Kier molecular flexibility index (Phi) is 4.15. The Labute approximate surface area is 138 Å². The normalized spacial score (nSPS) is 14.5. The Morgan fingerprint density at radius 3 is 2.79 bits per heavy atom. The van der Waals surface area contributed by atoms with Crippen LogP contribution < -0.4 is 10.6 Å². The third-order valence-corrected chi connectivity index (χ3v) is 3.67. The lowest BCUT2D eigenvalue weighted by atomic mass is 10.1. The zero-order valence-electron chi connectivity index (χ0n) is 13.4. The minimum Gasteiger partial charge on any atom is -0.350 e. The fourth-order valence-corrected chi connectivity index (χ4v) is 2.50. The summed E-state index contributed by atoms with van der Waals surface area (Å²) in [6.45, 7) is 4.38. The van der Waals surface area contributed by atoms with Crippen molar-refractivity contribution in [3.05, 3.63) is 23.8 Å². The average molecular weight is 330 g/mol. The average Bonchev–Trinajstić information content (AvgIpc) is 3.08. The van der Waals surface area contributed by atoms with Crippen molar-refractivity contribution in [3.8, 4) is 0 Å². The van der Waals surface area contributed by atoms with E-state index in [-0.39, 0.29) is 30.9 Å². The molecule has 24 heavy (non-hydrogen) atoms. The second kappa shape index (κ2) is 6.26. The number of hydrogen-bond donors (Lipinski definition) is 2. The molecule has 1 saturated heterocycles. The summed E-state index contributed by atoms with van der Waals surface area (Å²) in [7, 11) is 0. The minimum atomic E-state index is -0.392. The molecule has 9 heteroatoms. The predicted octanol–water partition coefficient (Wildman–Crippen LogP) is 0.121. The number of fused-ring (bicyclic) bond motifs is 1. The smallest absolute Gasteiger partial charge is 0.324 e. The van der Waals surface area contributed by atoms with Crippen LogP contribution in [-0.4, -0.2) is 56.9 Å². The van der Waals surface area contributed by atoms with Gasteiger partial charge in [0.05, 0.1) is 25.2 Å². The van der Waals surface area contributed by atoms with Crippen molar-refractivity contribution < 1.29 is 14.4 Å². The zero-order valence-corrected chi connectivity index (χ0v) is 13.4. The molecule has 0 unspecified atom stereocenters. The van der Waals surface area contributed by atoms with Crippen LogP contribution in [0.15, 0.2) is 18.2 Å². The monoisotopic (exact) mass is 330 g/mol. The van der Waals surface area contributed by atoms with Crippen LogP contribution >= 0.6 is 0 Å². The summed E-state index contributed by atoms with van der Waals surface area (Å²) in [5.74, 6) is -0.419. The first-order valence-corrected chi connectivity index (χ1v) is 7.68. The van der Waals surface area contributed by atoms with E-state index < -0.39 is 6.03 Å². The molecule has 2 N–H and O–H groups in total. The summed E-state index contributed by atoms with van der Waals surface area (Å²) in [5, 5.41) is 13.4. The fourth-order valence-electron chi connectivity index (χ4n) is 2.50. The SMILES string of the molecule is CC(C)NC(=O)c1ccc2c(c1)nnn2CCN1C(=O)CNC1=O. The first-order valence-electron chi connectivity index (χ1n) is 7.68. The van der Waals surface area contributed by atoms with E-state index in [1.54, 1.807) is 22.9 Å². The number of rotatable bonds is 5. The maximum Gasteiger partial charge on any atom is 0.324 e. The molecule has 1 aromatic carbocycles. The van der Waals surface area contributed by atoms with Gasteiger partial charge in [0.2, 0.25) is 5.91 Å². The maximum absolute atomic E-state index is 12.0. The van der Waals surface area contributed by atoms with Gasteiger partial charge in [0.15, 0.2) is 0 Å². The number of nitrogens with one attached hydrogen (secondary N) is 2. The molecule has 1 fully saturated rings. The third-order valence-electron chi connectivity index (χ3n) is 3.67. The van der Waals surface area contributed by atoms with Crippen molar-refractivity contribution in [2.75, 3.05) is 13.1 Å². The van der Waals surface area contributed by atoms with Gasteiger partial charge >= 0.3 is 6.03 Å². The van der Waals surface area contributed by atoms with Gasteiger partial charge in [-0.3, -0.25) is 14.5 Å². The Bertz CT molecular complexity index is 797. The molecule has 0 spiro atoms. The molecular weight excluding hydrogens is 312 g/mol. The van der Waals surface area contributed by atoms with E-state index in [9.17, 15) is 14.4 Å². The first kappa shape index (κ1) is 15.9. The summed E-state index contributed by atoms with van der Waals surface area (Å²) >= 11 is 0. The van der Waals surface area contributed by atoms with Crippen LogP contribution in [0.4, 0.5) is 4.79 Å². The lowest BCUT2D eigenvalue weighted by Crippen LogP contribution is -2.34. The molecular formula is C15H18N6O3. The van der Waals surface area contributed by atoms with Crippen LogP contribution in [0.2, 0.25) is 0 Å². The number of nitrogens with zero attached hydrogens (tertiary/aromatic N) is 4. The summed E-state index contributed by atoms with van der Waals surface area (Å²) in [6.07, 6.45) is 0. The molecule has 0 radical (unpaired) electrons. The quantitative estimate of drug-likeness (QED) is 0.757. The molecule has 9 nitrogen and oxygen atoms in total. The molecule has 0 aliphatic carbocycles. The molecule has 0 saturated carbocycles. The molecule has 2 heterocycles. The molecule has 2 aromatic rings. The molecule has 4 amide bonds. The van der Waals surface area contributed by atoms with E-state index >= 15 is 0 Å². The van der Waals surface area contributed by atoms with Crippen molar-refractivity contribution in [2.24, 2.45) is 0 Å². The molecule has 1 aliphatic rings. The number of hydrogen-bond acceptors (Lipinski definition) is 5. The highest BCUT2D eigenvalue weighted by atomic mass is 16.2. The van der Waals surface area contributed by atoms with Gasteiger partial charge in [-0.1, -0.05) is 5.21 Å². The molecule has 1 aliphatic heterocycles. The minimum absolute atomic E-state index is 0.0330. The van der Waals surface area contributed by atoms with E-state index in [0.29, 0.717) is 17.6 Å². The lowest BCUT2D eigenvalue weighted by molar-refractivity contribution is -0.125. The second-order valence-electron chi connectivity index (χ2n) is 5.85. The number of carbonyl (C=O) groups is 3. The fraction of sp³-hybridized carbons (Fsp3) is 0.400. The van der Waals surface area contributed by atoms with Crippen molar-refractivity contribution >= 4 is 28.9 Å². The van der Waals surface area contributed by atoms with Gasteiger partial charge in [-0.25, -0.2) is 9.48 Å². The largest absolute Gasteiger partial charge is 0.350 e. The van der Waals surface area contributed by atoms with E-state index in [1.807, 2.05) is 13.8 Å². The Balaban J connectivity index is 1.75. The second-order valence-corrected chi connectivity index (χ2v) is 5.85. The number of urea groups is 1. The molecule has 0 atom stereocenters. The van der Waals surface area contributed by atoms with Crippen molar-refractivity contribution in [3.63, 3.8) is 0 Å². The molecule has 1 aromatic heterocycles. The lowest BCUT2D eigenvalue weighted by Gasteiger charge is -2.12. The van der Waals surface area contributed by atoms with Crippen LogP contribution in [0.5, 0.6) is 0 Å². The van der Waals surface area contributed by atoms with Gasteiger partial charge in [-0.05, 0) is 32.0 Å². The first-order chi connectivity index (χ1) is 11.5. The van der Waals surface area contributed by atoms with Gasteiger partial charge in [0, 0.05) is 11.6 Å². The number of carbonyl (C=O) groups excluding carboxylic acids is 3. The van der Waals surface area contributed by atoms with E-state index in [2.05, 4.69) is 20.9 Å². The van der Waals surface area contributed by atoms with Gasteiger partial charge in [-0.2, -0.15) is 0 Å². The van der Waals surface area contributed by atoms with Crippen LogP contribution in [0.3, 0.4) is 0 Å². The van der Waals surface area contributed by atoms with Crippen LogP contribution in [0, 0.1) is 0 Å². The molecule has 126 valence electrons. The number of amides is 4. The van der Waals surface area contributed by atoms with Gasteiger partial charge < -0.3 is 10.6 Å². The van der Waals surface area contributed by atoms with Gasteiger partial charge in [0.1, 0.15) is 5.52 Å². The van der Waals surface area contributed by atoms with Crippen LogP contribution in [0.25, 0.3) is 11.0 Å². The highest BCUT2D eigenvalue weighted by Crippen LogP contribution is 2.14. The van der Waals surface area contributed by atoms with Crippen molar-refractivity contribution in [1.82, 2.24) is 30.5 Å². The number of benzene rings is 1. The van der Waals surface area contributed by atoms with E-state index in [1.165, 1.54) is 0 Å². The predicted molar refractivity (Wildman–Crippen MR) is 85.2 cm³/mol.